The Morgan fingerprint density at radius 2 is 1.83 bits per heavy atom. The van der Waals surface area contributed by atoms with E-state index < -0.39 is 0 Å². The third-order valence-corrected chi connectivity index (χ3v) is 3.94. The van der Waals surface area contributed by atoms with Crippen molar-refractivity contribution in [3.05, 3.63) is 81.8 Å². The fourth-order valence-corrected chi connectivity index (χ4v) is 2.64. The van der Waals surface area contributed by atoms with Crippen LogP contribution in [-0.2, 0) is 0 Å². The summed E-state index contributed by atoms with van der Waals surface area (Å²) in [6.45, 7) is 1.98. The lowest BCUT2D eigenvalue weighted by atomic mass is 9.93. The highest BCUT2D eigenvalue weighted by Gasteiger charge is 2.12. The normalized spacial score (nSPS) is 11.7. The SMILES string of the molecule is CC(c1cccc(-c2cccc(C#N)c2)c1)c1cc(=O)[nH]c(N)n1. The highest BCUT2D eigenvalue weighted by Crippen LogP contribution is 2.27. The first-order chi connectivity index (χ1) is 11.6. The molecule has 0 saturated carbocycles. The number of nitrogens with two attached hydrogens (primary N) is 1. The average molecular weight is 316 g/mol. The summed E-state index contributed by atoms with van der Waals surface area (Å²) >= 11 is 0. The molecule has 0 amide bonds. The van der Waals surface area contributed by atoms with Crippen LogP contribution in [0, 0.1) is 11.3 Å². The molecule has 0 saturated heterocycles. The topological polar surface area (TPSA) is 95.6 Å². The maximum atomic E-state index is 11.6. The van der Waals surface area contributed by atoms with E-state index in [1.165, 1.54) is 6.07 Å². The number of hydrogen-bond acceptors (Lipinski definition) is 4. The minimum Gasteiger partial charge on any atom is -0.369 e. The Bertz CT molecular complexity index is 985. The summed E-state index contributed by atoms with van der Waals surface area (Å²) in [4.78, 5) is 18.3. The summed E-state index contributed by atoms with van der Waals surface area (Å²) in [5, 5.41) is 9.05. The molecule has 2 aromatic carbocycles. The molecule has 0 radical (unpaired) electrons. The summed E-state index contributed by atoms with van der Waals surface area (Å²) in [6.07, 6.45) is 0. The maximum Gasteiger partial charge on any atom is 0.252 e. The highest BCUT2D eigenvalue weighted by molar-refractivity contribution is 5.66. The number of nitriles is 1. The van der Waals surface area contributed by atoms with E-state index in [0.717, 1.165) is 16.7 Å². The molecule has 5 nitrogen and oxygen atoms in total. The molecule has 1 atom stereocenters. The second kappa shape index (κ2) is 6.39. The first kappa shape index (κ1) is 15.5. The molecule has 0 spiro atoms. The number of aromatic nitrogens is 2. The minimum absolute atomic E-state index is 0.0753. The minimum atomic E-state index is -0.262. The highest BCUT2D eigenvalue weighted by atomic mass is 16.1. The van der Waals surface area contributed by atoms with Crippen LogP contribution >= 0.6 is 0 Å². The lowest BCUT2D eigenvalue weighted by Crippen LogP contribution is -2.13. The van der Waals surface area contributed by atoms with Gasteiger partial charge >= 0.3 is 0 Å². The van der Waals surface area contributed by atoms with Crippen LogP contribution in [0.3, 0.4) is 0 Å². The Kier molecular flexibility index (Phi) is 4.13. The molecule has 1 unspecified atom stereocenters. The van der Waals surface area contributed by atoms with E-state index in [9.17, 15) is 4.79 Å². The average Bonchev–Trinajstić information content (AvgIpc) is 2.60. The molecule has 0 aliphatic carbocycles. The van der Waals surface area contributed by atoms with Gasteiger partial charge in [0, 0.05) is 12.0 Å². The van der Waals surface area contributed by atoms with Gasteiger partial charge in [-0.25, -0.2) is 4.98 Å². The number of aromatic amines is 1. The van der Waals surface area contributed by atoms with Crippen molar-refractivity contribution in [1.29, 1.82) is 5.26 Å². The summed E-state index contributed by atoms with van der Waals surface area (Å²) in [7, 11) is 0. The van der Waals surface area contributed by atoms with Crippen LogP contribution in [0.25, 0.3) is 11.1 Å². The molecule has 1 aromatic heterocycles. The standard InChI is InChI=1S/C19H16N4O/c1-12(17-10-18(24)23-19(21)22-17)14-5-3-7-16(9-14)15-6-2-4-13(8-15)11-20/h2-10,12H,1H3,(H3,21,22,23,24). The van der Waals surface area contributed by atoms with E-state index in [-0.39, 0.29) is 17.4 Å². The summed E-state index contributed by atoms with van der Waals surface area (Å²) in [5.74, 6) is 0.0379. The molecule has 3 N–H and O–H groups in total. The van der Waals surface area contributed by atoms with E-state index in [1.807, 2.05) is 49.4 Å². The number of H-pyrrole nitrogens is 1. The summed E-state index contributed by atoms with van der Waals surface area (Å²) in [5.41, 5.74) is 9.62. The van der Waals surface area contributed by atoms with Crippen molar-refractivity contribution < 1.29 is 0 Å². The Balaban J connectivity index is 2.01. The summed E-state index contributed by atoms with van der Waals surface area (Å²) < 4.78 is 0. The van der Waals surface area contributed by atoms with Gasteiger partial charge < -0.3 is 5.73 Å². The third kappa shape index (κ3) is 3.18. The predicted molar refractivity (Wildman–Crippen MR) is 93.4 cm³/mol. The molecule has 118 valence electrons. The van der Waals surface area contributed by atoms with E-state index in [2.05, 4.69) is 16.0 Å². The lowest BCUT2D eigenvalue weighted by Gasteiger charge is -2.13. The van der Waals surface area contributed by atoms with Crippen molar-refractivity contribution in [1.82, 2.24) is 9.97 Å². The van der Waals surface area contributed by atoms with Crippen molar-refractivity contribution in [3.8, 4) is 17.2 Å². The Morgan fingerprint density at radius 3 is 2.54 bits per heavy atom. The molecule has 0 aliphatic heterocycles. The fraction of sp³-hybridized carbons (Fsp3) is 0.105. The van der Waals surface area contributed by atoms with Gasteiger partial charge in [-0.3, -0.25) is 9.78 Å². The molecule has 24 heavy (non-hydrogen) atoms. The van der Waals surface area contributed by atoms with Crippen LogP contribution in [0.2, 0.25) is 0 Å². The quantitative estimate of drug-likeness (QED) is 0.776. The lowest BCUT2D eigenvalue weighted by molar-refractivity contribution is 0.858. The van der Waals surface area contributed by atoms with E-state index in [0.29, 0.717) is 11.3 Å². The molecule has 3 rings (SSSR count). The smallest absolute Gasteiger partial charge is 0.252 e. The zero-order valence-corrected chi connectivity index (χ0v) is 13.2. The van der Waals surface area contributed by atoms with Gasteiger partial charge in [0.1, 0.15) is 0 Å². The molecule has 0 aliphatic rings. The van der Waals surface area contributed by atoms with E-state index >= 15 is 0 Å². The Labute approximate surface area is 139 Å². The van der Waals surface area contributed by atoms with Crippen LogP contribution in [0.15, 0.2) is 59.4 Å². The fourth-order valence-electron chi connectivity index (χ4n) is 2.64. The first-order valence-electron chi connectivity index (χ1n) is 7.54. The largest absolute Gasteiger partial charge is 0.369 e. The first-order valence-corrected chi connectivity index (χ1v) is 7.54. The Hall–Kier alpha value is -3.39. The third-order valence-electron chi connectivity index (χ3n) is 3.94. The van der Waals surface area contributed by atoms with Crippen molar-refractivity contribution in [2.45, 2.75) is 12.8 Å². The predicted octanol–water partition coefficient (Wildman–Crippen LogP) is 3.04. The van der Waals surface area contributed by atoms with Gasteiger partial charge in [-0.1, -0.05) is 43.3 Å². The Morgan fingerprint density at radius 1 is 1.12 bits per heavy atom. The molecule has 0 bridgehead atoms. The number of rotatable bonds is 3. The number of benzene rings is 2. The van der Waals surface area contributed by atoms with Crippen LogP contribution in [0.4, 0.5) is 5.95 Å². The van der Waals surface area contributed by atoms with Crippen LogP contribution < -0.4 is 11.3 Å². The van der Waals surface area contributed by atoms with Crippen molar-refractivity contribution >= 4 is 5.95 Å². The van der Waals surface area contributed by atoms with Gasteiger partial charge in [-0.2, -0.15) is 5.26 Å². The number of nitrogens with one attached hydrogen (secondary N) is 1. The zero-order chi connectivity index (χ0) is 17.1. The summed E-state index contributed by atoms with van der Waals surface area (Å²) in [6, 6.07) is 19.1. The van der Waals surface area contributed by atoms with Crippen molar-refractivity contribution in [2.24, 2.45) is 0 Å². The number of nitrogen functional groups attached to an aromatic ring is 1. The van der Waals surface area contributed by atoms with E-state index in [1.54, 1.807) is 6.07 Å². The van der Waals surface area contributed by atoms with Crippen LogP contribution in [0.1, 0.15) is 29.7 Å². The number of anilines is 1. The molecular weight excluding hydrogens is 300 g/mol. The molecule has 0 fully saturated rings. The van der Waals surface area contributed by atoms with Crippen LogP contribution in [-0.4, -0.2) is 9.97 Å². The zero-order valence-electron chi connectivity index (χ0n) is 13.2. The second-order valence-corrected chi connectivity index (χ2v) is 5.60. The number of hydrogen-bond donors (Lipinski definition) is 2. The van der Waals surface area contributed by atoms with Crippen molar-refractivity contribution in [3.63, 3.8) is 0 Å². The molecule has 3 aromatic rings. The van der Waals surface area contributed by atoms with Gasteiger partial charge in [-0.15, -0.1) is 0 Å². The molecule has 1 heterocycles. The molecular formula is C19H16N4O. The second-order valence-electron chi connectivity index (χ2n) is 5.60. The number of nitrogens with zero attached hydrogens (tertiary/aromatic N) is 2. The van der Waals surface area contributed by atoms with E-state index in [4.69, 9.17) is 11.0 Å². The molecule has 5 heteroatoms. The van der Waals surface area contributed by atoms with Crippen molar-refractivity contribution in [2.75, 3.05) is 5.73 Å². The van der Waals surface area contributed by atoms with Gasteiger partial charge in [0.2, 0.25) is 5.95 Å². The maximum absolute atomic E-state index is 11.6. The van der Waals surface area contributed by atoms with Gasteiger partial charge in [-0.05, 0) is 28.8 Å². The van der Waals surface area contributed by atoms with Gasteiger partial charge in [0.15, 0.2) is 0 Å². The van der Waals surface area contributed by atoms with Crippen LogP contribution in [0.5, 0.6) is 0 Å². The van der Waals surface area contributed by atoms with Gasteiger partial charge in [0.25, 0.3) is 5.56 Å². The van der Waals surface area contributed by atoms with Gasteiger partial charge in [0.05, 0.1) is 17.3 Å². The monoisotopic (exact) mass is 316 g/mol.